The van der Waals surface area contributed by atoms with E-state index < -0.39 is 5.41 Å². The van der Waals surface area contributed by atoms with Crippen molar-refractivity contribution < 1.29 is 19.1 Å². The Bertz CT molecular complexity index is 354. The molecule has 5 heteroatoms. The molecule has 0 spiro atoms. The molecule has 2 aliphatic rings. The minimum atomic E-state index is -0.747. The largest absolute Gasteiger partial charge is 0.469 e. The maximum Gasteiger partial charge on any atom is 0.410 e. The van der Waals surface area contributed by atoms with Crippen LogP contribution in [0.4, 0.5) is 4.79 Å². The number of carbonyl (C=O) groups excluding carboxylic acids is 2. The summed E-state index contributed by atoms with van der Waals surface area (Å²) >= 11 is 0. The molecule has 2 rings (SSSR count). The minimum absolute atomic E-state index is 0.0854. The zero-order chi connectivity index (χ0) is 11.9. The number of nitrogens with zero attached hydrogens (tertiary/aromatic N) is 1. The minimum Gasteiger partial charge on any atom is -0.469 e. The molecule has 0 aliphatic carbocycles. The molecule has 2 fully saturated rings. The van der Waals surface area contributed by atoms with Gasteiger partial charge in [0.2, 0.25) is 0 Å². The second-order valence-corrected chi connectivity index (χ2v) is 4.36. The summed E-state index contributed by atoms with van der Waals surface area (Å²) in [5, 5.41) is 0. The van der Waals surface area contributed by atoms with Crippen LogP contribution in [0.1, 0.15) is 6.92 Å². The van der Waals surface area contributed by atoms with Gasteiger partial charge in [-0.15, -0.1) is 6.58 Å². The summed E-state index contributed by atoms with van der Waals surface area (Å²) in [6.07, 6.45) is 1.35. The van der Waals surface area contributed by atoms with Crippen LogP contribution >= 0.6 is 0 Å². The number of amides is 1. The van der Waals surface area contributed by atoms with E-state index in [-0.39, 0.29) is 30.6 Å². The van der Waals surface area contributed by atoms with Gasteiger partial charge < -0.3 is 9.47 Å². The molecule has 2 aliphatic heterocycles. The number of rotatable bonds is 2. The van der Waals surface area contributed by atoms with Crippen molar-refractivity contribution in [3.63, 3.8) is 0 Å². The van der Waals surface area contributed by atoms with Crippen LogP contribution in [-0.4, -0.2) is 43.3 Å². The Morgan fingerprint density at radius 1 is 1.75 bits per heavy atom. The molecule has 0 unspecified atom stereocenters. The first-order valence-electron chi connectivity index (χ1n) is 5.20. The predicted octanol–water partition coefficient (Wildman–Crippen LogP) is 0.802. The molecule has 16 heavy (non-hydrogen) atoms. The molecule has 0 aromatic heterocycles. The average Bonchev–Trinajstić information content (AvgIpc) is 2.78. The molecule has 0 radical (unpaired) electrons. The topological polar surface area (TPSA) is 55.8 Å². The van der Waals surface area contributed by atoms with Crippen molar-refractivity contribution in [1.29, 1.82) is 0 Å². The van der Waals surface area contributed by atoms with Gasteiger partial charge in [-0.3, -0.25) is 9.69 Å². The van der Waals surface area contributed by atoms with Gasteiger partial charge in [-0.2, -0.15) is 0 Å². The van der Waals surface area contributed by atoms with Crippen LogP contribution in [0, 0.1) is 11.3 Å². The second-order valence-electron chi connectivity index (χ2n) is 4.36. The van der Waals surface area contributed by atoms with E-state index in [4.69, 9.17) is 9.47 Å². The van der Waals surface area contributed by atoms with Crippen LogP contribution in [-0.2, 0) is 14.3 Å². The summed E-state index contributed by atoms with van der Waals surface area (Å²) in [7, 11) is 1.36. The maximum absolute atomic E-state index is 11.9. The molecule has 5 nitrogen and oxygen atoms in total. The molecule has 2 saturated heterocycles. The van der Waals surface area contributed by atoms with Crippen molar-refractivity contribution in [2.45, 2.75) is 13.0 Å². The third-order valence-corrected chi connectivity index (χ3v) is 3.74. The zero-order valence-corrected chi connectivity index (χ0v) is 9.43. The molecular weight excluding hydrogens is 210 g/mol. The Labute approximate surface area is 94.0 Å². The molecule has 0 bridgehead atoms. The smallest absolute Gasteiger partial charge is 0.410 e. The third kappa shape index (κ3) is 1.17. The highest BCUT2D eigenvalue weighted by Gasteiger charge is 2.60. The lowest BCUT2D eigenvalue weighted by atomic mass is 9.75. The third-order valence-electron chi connectivity index (χ3n) is 3.74. The molecule has 88 valence electrons. The Kier molecular flexibility index (Phi) is 2.40. The first-order valence-corrected chi connectivity index (χ1v) is 5.20. The lowest BCUT2D eigenvalue weighted by Crippen LogP contribution is -2.44. The fraction of sp³-hybridized carbons (Fsp3) is 0.636. The normalized spacial score (nSPS) is 36.9. The van der Waals surface area contributed by atoms with Crippen LogP contribution in [0.25, 0.3) is 0 Å². The lowest BCUT2D eigenvalue weighted by Gasteiger charge is -2.29. The number of hydrogen-bond donors (Lipinski definition) is 0. The van der Waals surface area contributed by atoms with E-state index in [1.807, 2.05) is 0 Å². The number of cyclic esters (lactones) is 1. The van der Waals surface area contributed by atoms with Crippen LogP contribution < -0.4 is 0 Å². The summed E-state index contributed by atoms with van der Waals surface area (Å²) in [5.74, 6) is -0.402. The lowest BCUT2D eigenvalue weighted by molar-refractivity contribution is -0.154. The highest BCUT2D eigenvalue weighted by Crippen LogP contribution is 2.45. The van der Waals surface area contributed by atoms with Gasteiger partial charge in [0.1, 0.15) is 6.61 Å². The predicted molar refractivity (Wildman–Crippen MR) is 55.7 cm³/mol. The highest BCUT2D eigenvalue weighted by molar-refractivity contribution is 5.82. The van der Waals surface area contributed by atoms with Gasteiger partial charge in [0.15, 0.2) is 0 Å². The number of carbonyl (C=O) groups is 2. The number of esters is 1. The van der Waals surface area contributed by atoms with Gasteiger partial charge in [0.05, 0.1) is 18.6 Å². The van der Waals surface area contributed by atoms with E-state index in [9.17, 15) is 9.59 Å². The van der Waals surface area contributed by atoms with Crippen molar-refractivity contribution in [2.75, 3.05) is 20.3 Å². The Morgan fingerprint density at radius 3 is 3.00 bits per heavy atom. The quantitative estimate of drug-likeness (QED) is 0.515. The number of fused-ring (bicyclic) bond motifs is 1. The van der Waals surface area contributed by atoms with Gasteiger partial charge in [0.25, 0.3) is 0 Å². The Balaban J connectivity index is 2.37. The highest BCUT2D eigenvalue weighted by atomic mass is 16.6. The number of methoxy groups -OCH3 is 1. The Hall–Kier alpha value is -1.52. The van der Waals surface area contributed by atoms with E-state index in [2.05, 4.69) is 6.58 Å². The molecule has 1 amide bonds. The SMILES string of the molecule is C=C[C@@H]1CN2C(=O)OC[C@@H]2[C@]1(C)C(=O)OC. The van der Waals surface area contributed by atoms with E-state index >= 15 is 0 Å². The standard InChI is InChI=1S/C11H15NO4/c1-4-7-5-12-8(6-16-10(12)14)11(7,2)9(13)15-3/h4,7-8H,1,5-6H2,2-3H3/t7-,8-,11-/m1/s1. The fourth-order valence-corrected chi connectivity index (χ4v) is 2.62. The summed E-state index contributed by atoms with van der Waals surface area (Å²) in [5.41, 5.74) is -0.747. The average molecular weight is 225 g/mol. The van der Waals surface area contributed by atoms with Gasteiger partial charge >= 0.3 is 12.1 Å². The van der Waals surface area contributed by atoms with Gasteiger partial charge in [-0.05, 0) is 6.92 Å². The number of hydrogen-bond acceptors (Lipinski definition) is 4. The van der Waals surface area contributed by atoms with E-state index in [1.54, 1.807) is 17.9 Å². The van der Waals surface area contributed by atoms with Gasteiger partial charge in [-0.25, -0.2) is 4.79 Å². The number of ether oxygens (including phenoxy) is 2. The van der Waals surface area contributed by atoms with Gasteiger partial charge in [-0.1, -0.05) is 6.08 Å². The summed E-state index contributed by atoms with van der Waals surface area (Å²) in [4.78, 5) is 24.9. The van der Waals surface area contributed by atoms with Crippen molar-refractivity contribution >= 4 is 12.1 Å². The maximum atomic E-state index is 11.9. The molecule has 0 saturated carbocycles. The van der Waals surface area contributed by atoms with Crippen molar-refractivity contribution in [3.05, 3.63) is 12.7 Å². The first kappa shape index (κ1) is 11.0. The van der Waals surface area contributed by atoms with Gasteiger partial charge in [0, 0.05) is 12.5 Å². The van der Waals surface area contributed by atoms with Crippen LogP contribution in [0.3, 0.4) is 0 Å². The molecule has 2 heterocycles. The summed E-state index contributed by atoms with van der Waals surface area (Å²) < 4.78 is 9.78. The molecule has 0 N–H and O–H groups in total. The van der Waals surface area contributed by atoms with Crippen LogP contribution in [0.5, 0.6) is 0 Å². The fourth-order valence-electron chi connectivity index (χ4n) is 2.62. The van der Waals surface area contributed by atoms with Crippen molar-refractivity contribution in [3.8, 4) is 0 Å². The second kappa shape index (κ2) is 3.50. The molecule has 3 atom stereocenters. The van der Waals surface area contributed by atoms with Crippen LogP contribution in [0.2, 0.25) is 0 Å². The van der Waals surface area contributed by atoms with E-state index in [0.29, 0.717) is 6.54 Å². The molecular formula is C11H15NO4. The van der Waals surface area contributed by atoms with E-state index in [1.165, 1.54) is 7.11 Å². The Morgan fingerprint density at radius 2 is 2.44 bits per heavy atom. The molecule has 0 aromatic rings. The monoisotopic (exact) mass is 225 g/mol. The summed E-state index contributed by atoms with van der Waals surface area (Å²) in [6, 6.07) is -0.240. The van der Waals surface area contributed by atoms with Crippen molar-refractivity contribution in [1.82, 2.24) is 4.90 Å². The molecule has 0 aromatic carbocycles. The van der Waals surface area contributed by atoms with E-state index in [0.717, 1.165) is 0 Å². The zero-order valence-electron chi connectivity index (χ0n) is 9.43. The first-order chi connectivity index (χ1) is 7.55. The van der Waals surface area contributed by atoms with Crippen LogP contribution in [0.15, 0.2) is 12.7 Å². The summed E-state index contributed by atoms with van der Waals surface area (Å²) in [6.45, 7) is 6.24. The van der Waals surface area contributed by atoms with Crippen molar-refractivity contribution in [2.24, 2.45) is 11.3 Å².